The van der Waals surface area contributed by atoms with Crippen molar-refractivity contribution in [3.8, 4) is 0 Å². The van der Waals surface area contributed by atoms with Gasteiger partial charge < -0.3 is 5.11 Å². The molecule has 2 aliphatic carbocycles. The fourth-order valence-electron chi connectivity index (χ4n) is 3.39. The number of aliphatic carboxylic acids is 1. The molecule has 1 N–H and O–H groups in total. The van der Waals surface area contributed by atoms with E-state index < -0.39 is 30.7 Å². The lowest BCUT2D eigenvalue weighted by Crippen LogP contribution is -2.51. The van der Waals surface area contributed by atoms with Crippen molar-refractivity contribution in [3.63, 3.8) is 0 Å². The summed E-state index contributed by atoms with van der Waals surface area (Å²) in [5.41, 5.74) is 0. The van der Waals surface area contributed by atoms with Gasteiger partial charge in [-0.2, -0.15) is 13.2 Å². The Morgan fingerprint density at radius 2 is 1.90 bits per heavy atom. The average molecular weight is 293 g/mol. The second-order valence-electron chi connectivity index (χ2n) is 6.12. The lowest BCUT2D eigenvalue weighted by Gasteiger charge is -2.41. The smallest absolute Gasteiger partial charge is 0.401 e. The van der Waals surface area contributed by atoms with Crippen LogP contribution in [0.4, 0.5) is 13.2 Å². The third-order valence-corrected chi connectivity index (χ3v) is 4.62. The summed E-state index contributed by atoms with van der Waals surface area (Å²) in [6, 6.07) is -0.528. The molecule has 20 heavy (non-hydrogen) atoms. The minimum absolute atomic E-state index is 0.0703. The average Bonchev–Trinajstić information content (AvgIpc) is 3.18. The fourth-order valence-corrected chi connectivity index (χ4v) is 3.39. The van der Waals surface area contributed by atoms with Crippen molar-refractivity contribution in [1.82, 2.24) is 4.90 Å². The number of carboxylic acids is 1. The number of halogens is 3. The largest absolute Gasteiger partial charge is 0.481 e. The second-order valence-corrected chi connectivity index (χ2v) is 6.12. The summed E-state index contributed by atoms with van der Waals surface area (Å²) in [7, 11) is 0. The van der Waals surface area contributed by atoms with Gasteiger partial charge in [-0.25, -0.2) is 0 Å². The van der Waals surface area contributed by atoms with Gasteiger partial charge in [-0.3, -0.25) is 9.69 Å². The second kappa shape index (κ2) is 5.92. The molecule has 0 heterocycles. The third kappa shape index (κ3) is 3.87. The van der Waals surface area contributed by atoms with Crippen LogP contribution in [0.1, 0.15) is 45.4 Å². The zero-order valence-corrected chi connectivity index (χ0v) is 11.7. The summed E-state index contributed by atoms with van der Waals surface area (Å²) < 4.78 is 38.3. The molecular weight excluding hydrogens is 271 g/mol. The van der Waals surface area contributed by atoms with E-state index in [-0.39, 0.29) is 6.04 Å². The van der Waals surface area contributed by atoms with E-state index in [9.17, 15) is 23.1 Å². The molecule has 0 aliphatic heterocycles. The van der Waals surface area contributed by atoms with Crippen LogP contribution in [0.3, 0.4) is 0 Å². The first-order chi connectivity index (χ1) is 9.31. The molecule has 0 amide bonds. The molecule has 3 atom stereocenters. The summed E-state index contributed by atoms with van der Waals surface area (Å²) in [6.45, 7) is 1.05. The van der Waals surface area contributed by atoms with Crippen LogP contribution in [0.5, 0.6) is 0 Å². The topological polar surface area (TPSA) is 40.5 Å². The molecule has 0 aromatic carbocycles. The number of alkyl halides is 3. The summed E-state index contributed by atoms with van der Waals surface area (Å²) >= 11 is 0. The highest BCUT2D eigenvalue weighted by Gasteiger charge is 2.46. The molecule has 0 aromatic heterocycles. The highest BCUT2D eigenvalue weighted by Crippen LogP contribution is 2.40. The third-order valence-electron chi connectivity index (χ3n) is 4.62. The maximum atomic E-state index is 12.8. The molecule has 116 valence electrons. The summed E-state index contributed by atoms with van der Waals surface area (Å²) in [5, 5.41) is 9.31. The zero-order valence-electron chi connectivity index (χ0n) is 11.7. The van der Waals surface area contributed by atoms with Gasteiger partial charge >= 0.3 is 12.1 Å². The molecule has 0 bridgehead atoms. The Hall–Kier alpha value is -0.780. The first-order valence-electron chi connectivity index (χ1n) is 7.37. The number of carbonyl (C=O) groups is 1. The molecule has 3 nitrogen and oxygen atoms in total. The number of carboxylic acid groups (broad SMARTS) is 1. The van der Waals surface area contributed by atoms with E-state index in [0.29, 0.717) is 18.8 Å². The molecule has 3 unspecified atom stereocenters. The highest BCUT2D eigenvalue weighted by atomic mass is 19.4. The molecule has 0 saturated heterocycles. The Bertz CT molecular complexity index is 355. The maximum absolute atomic E-state index is 12.8. The SMILES string of the molecule is CCC1CCC(C(=O)O)C(N(CC(F)(F)F)C2CC2)C1. The van der Waals surface area contributed by atoms with Crippen molar-refractivity contribution in [2.24, 2.45) is 11.8 Å². The van der Waals surface area contributed by atoms with E-state index in [1.165, 1.54) is 4.90 Å². The molecule has 0 aromatic rings. The maximum Gasteiger partial charge on any atom is 0.401 e. The van der Waals surface area contributed by atoms with Crippen LogP contribution in [0.2, 0.25) is 0 Å². The first kappa shape index (κ1) is 15.6. The van der Waals surface area contributed by atoms with E-state index in [1.807, 2.05) is 6.92 Å². The van der Waals surface area contributed by atoms with Crippen molar-refractivity contribution in [3.05, 3.63) is 0 Å². The zero-order chi connectivity index (χ0) is 14.9. The van der Waals surface area contributed by atoms with Gasteiger partial charge in [0.1, 0.15) is 0 Å². The van der Waals surface area contributed by atoms with E-state index in [2.05, 4.69) is 0 Å². The monoisotopic (exact) mass is 293 g/mol. The molecular formula is C14H22F3NO2. The fraction of sp³-hybridized carbons (Fsp3) is 0.929. The summed E-state index contributed by atoms with van der Waals surface area (Å²) in [5.74, 6) is -1.25. The van der Waals surface area contributed by atoms with Crippen LogP contribution >= 0.6 is 0 Å². The Labute approximate surface area is 117 Å². The van der Waals surface area contributed by atoms with Gasteiger partial charge in [0.25, 0.3) is 0 Å². The van der Waals surface area contributed by atoms with Gasteiger partial charge in [0.2, 0.25) is 0 Å². The number of hydrogen-bond acceptors (Lipinski definition) is 2. The van der Waals surface area contributed by atoms with Crippen LogP contribution < -0.4 is 0 Å². The molecule has 0 spiro atoms. The minimum atomic E-state index is -4.26. The van der Waals surface area contributed by atoms with E-state index >= 15 is 0 Å². The Morgan fingerprint density at radius 3 is 2.35 bits per heavy atom. The van der Waals surface area contributed by atoms with Crippen molar-refractivity contribution < 1.29 is 23.1 Å². The summed E-state index contributed by atoms with van der Waals surface area (Å²) in [6.07, 6.45) is 0.0672. The van der Waals surface area contributed by atoms with E-state index in [0.717, 1.165) is 25.7 Å². The van der Waals surface area contributed by atoms with Crippen molar-refractivity contribution >= 4 is 5.97 Å². The number of rotatable bonds is 5. The number of nitrogens with zero attached hydrogens (tertiary/aromatic N) is 1. The van der Waals surface area contributed by atoms with Crippen molar-refractivity contribution in [2.45, 2.75) is 63.7 Å². The molecule has 0 radical (unpaired) electrons. The molecule has 2 saturated carbocycles. The minimum Gasteiger partial charge on any atom is -0.481 e. The van der Waals surface area contributed by atoms with Gasteiger partial charge in [0, 0.05) is 12.1 Å². The highest BCUT2D eigenvalue weighted by molar-refractivity contribution is 5.71. The van der Waals surface area contributed by atoms with Crippen LogP contribution in [0, 0.1) is 11.8 Å². The molecule has 2 rings (SSSR count). The Morgan fingerprint density at radius 1 is 1.25 bits per heavy atom. The Balaban J connectivity index is 2.15. The molecule has 2 fully saturated rings. The normalized spacial score (nSPS) is 31.6. The van der Waals surface area contributed by atoms with Crippen LogP contribution in [-0.4, -0.2) is 40.8 Å². The quantitative estimate of drug-likeness (QED) is 0.845. The standard InChI is InChI=1S/C14H22F3NO2/c1-2-9-3-6-11(13(19)20)12(7-9)18(10-4-5-10)8-14(15,16)17/h9-12H,2-8H2,1H3,(H,19,20). The van der Waals surface area contributed by atoms with Crippen LogP contribution in [0.15, 0.2) is 0 Å². The lowest BCUT2D eigenvalue weighted by atomic mass is 9.76. The van der Waals surface area contributed by atoms with E-state index in [1.54, 1.807) is 0 Å². The van der Waals surface area contributed by atoms with Gasteiger partial charge in [-0.05, 0) is 38.0 Å². The predicted molar refractivity (Wildman–Crippen MR) is 68.3 cm³/mol. The molecule has 2 aliphatic rings. The van der Waals surface area contributed by atoms with Gasteiger partial charge in [0.05, 0.1) is 12.5 Å². The van der Waals surface area contributed by atoms with Gasteiger partial charge in [-0.15, -0.1) is 0 Å². The predicted octanol–water partition coefficient (Wildman–Crippen LogP) is 3.29. The van der Waals surface area contributed by atoms with Gasteiger partial charge in [-0.1, -0.05) is 13.3 Å². The van der Waals surface area contributed by atoms with E-state index in [4.69, 9.17) is 0 Å². The lowest BCUT2D eigenvalue weighted by molar-refractivity contribution is -0.165. The molecule has 6 heteroatoms. The van der Waals surface area contributed by atoms with Crippen LogP contribution in [0.25, 0.3) is 0 Å². The Kier molecular flexibility index (Phi) is 4.62. The van der Waals surface area contributed by atoms with Crippen molar-refractivity contribution in [1.29, 1.82) is 0 Å². The van der Waals surface area contributed by atoms with Crippen LogP contribution in [-0.2, 0) is 4.79 Å². The number of hydrogen-bond donors (Lipinski definition) is 1. The van der Waals surface area contributed by atoms with Crippen molar-refractivity contribution in [2.75, 3.05) is 6.54 Å². The first-order valence-corrected chi connectivity index (χ1v) is 7.37. The summed E-state index contributed by atoms with van der Waals surface area (Å²) in [4.78, 5) is 12.8. The van der Waals surface area contributed by atoms with Gasteiger partial charge in [0.15, 0.2) is 0 Å².